The molecule has 2 saturated heterocycles. The molecule has 3 aromatic heterocycles. The molecule has 2 aliphatic heterocycles. The summed E-state index contributed by atoms with van der Waals surface area (Å²) < 4.78 is 12.8. The van der Waals surface area contributed by atoms with Gasteiger partial charge in [0.15, 0.2) is 0 Å². The van der Waals surface area contributed by atoms with Gasteiger partial charge in [-0.2, -0.15) is 10.2 Å². The summed E-state index contributed by atoms with van der Waals surface area (Å²) in [6.07, 6.45) is 3.88. The lowest BCUT2D eigenvalue weighted by atomic mass is 10.00. The van der Waals surface area contributed by atoms with E-state index in [0.717, 1.165) is 32.1 Å². The van der Waals surface area contributed by atoms with Gasteiger partial charge < -0.3 is 19.3 Å². The molecule has 1 amide bonds. The Bertz CT molecular complexity index is 1230. The molecule has 2 fully saturated rings. The number of hydrogen-bond acceptors (Lipinski definition) is 8. The molecule has 0 saturated carbocycles. The maximum atomic E-state index is 12.7. The molecule has 0 bridgehead atoms. The molecule has 0 aromatic carbocycles. The molecule has 35 heavy (non-hydrogen) atoms. The van der Waals surface area contributed by atoms with Gasteiger partial charge in [0.05, 0.1) is 61.7 Å². The van der Waals surface area contributed by atoms with Crippen LogP contribution in [-0.2, 0) is 14.3 Å². The zero-order valence-corrected chi connectivity index (χ0v) is 20.1. The average molecular weight is 482 g/mol. The van der Waals surface area contributed by atoms with Gasteiger partial charge in [-0.15, -0.1) is 0 Å². The second-order valence-electron chi connectivity index (χ2n) is 9.22. The van der Waals surface area contributed by atoms with E-state index in [0.29, 0.717) is 55.2 Å². The highest BCUT2D eigenvalue weighted by Crippen LogP contribution is 2.25. The lowest BCUT2D eigenvalue weighted by Gasteiger charge is -2.35. The van der Waals surface area contributed by atoms with Crippen LogP contribution in [0.1, 0.15) is 36.6 Å². The van der Waals surface area contributed by atoms with Crippen LogP contribution in [0.3, 0.4) is 0 Å². The lowest BCUT2D eigenvalue weighted by molar-refractivity contribution is -0.132. The molecular formula is C24H31N7O4. The topological polar surface area (TPSA) is 118 Å². The van der Waals surface area contributed by atoms with Crippen molar-refractivity contribution in [2.75, 3.05) is 57.5 Å². The summed E-state index contributed by atoms with van der Waals surface area (Å²) in [7, 11) is 0. The van der Waals surface area contributed by atoms with Crippen LogP contribution in [0.2, 0.25) is 0 Å². The zero-order valence-electron chi connectivity index (χ0n) is 20.1. The maximum absolute atomic E-state index is 12.7. The average Bonchev–Trinajstić information content (AvgIpc) is 3.19. The first-order valence-corrected chi connectivity index (χ1v) is 12.1. The Morgan fingerprint density at radius 3 is 2.71 bits per heavy atom. The molecule has 1 unspecified atom stereocenters. The van der Waals surface area contributed by atoms with E-state index in [-0.39, 0.29) is 17.5 Å². The second-order valence-corrected chi connectivity index (χ2v) is 9.22. The molecule has 1 N–H and O–H groups in total. The largest absolute Gasteiger partial charge is 0.380 e. The summed E-state index contributed by atoms with van der Waals surface area (Å²) in [4.78, 5) is 33.4. The van der Waals surface area contributed by atoms with E-state index in [1.165, 1.54) is 5.56 Å². The number of carbonyl (C=O) groups excluding carboxylic acids is 1. The van der Waals surface area contributed by atoms with Gasteiger partial charge in [0.1, 0.15) is 5.82 Å². The van der Waals surface area contributed by atoms with Gasteiger partial charge in [-0.1, -0.05) is 6.07 Å². The number of pyridine rings is 1. The number of aromatic nitrogens is 5. The number of ether oxygens (including phenoxy) is 2. The van der Waals surface area contributed by atoms with Crippen molar-refractivity contribution in [3.8, 4) is 0 Å². The number of piperazine rings is 1. The molecule has 0 spiro atoms. The standard InChI is InChI=1S/C24H31N7O4/c1-16(31-20-12-26-27-24(33)23(20)17(2)28-31)13-34-10-5-22(32)30-8-6-29(7-9-30)21-4-3-18(11-25-21)19-14-35-15-19/h3-4,11-12,16,19H,5-10,13-15H2,1-2H3,(H,27,33). The third kappa shape index (κ3) is 4.92. The monoisotopic (exact) mass is 481 g/mol. The Balaban J connectivity index is 1.05. The van der Waals surface area contributed by atoms with E-state index >= 15 is 0 Å². The number of fused-ring (bicyclic) bond motifs is 1. The summed E-state index contributed by atoms with van der Waals surface area (Å²) >= 11 is 0. The number of aromatic amines is 1. The molecule has 11 nitrogen and oxygen atoms in total. The number of nitrogens with one attached hydrogen (secondary N) is 1. The van der Waals surface area contributed by atoms with Crippen LogP contribution in [0.25, 0.3) is 10.9 Å². The predicted octanol–water partition coefficient (Wildman–Crippen LogP) is 1.25. The fourth-order valence-corrected chi connectivity index (χ4v) is 4.59. The summed E-state index contributed by atoms with van der Waals surface area (Å²) in [5.74, 6) is 1.53. The highest BCUT2D eigenvalue weighted by Gasteiger charge is 2.24. The minimum atomic E-state index is -0.248. The van der Waals surface area contributed by atoms with Gasteiger partial charge in [-0.25, -0.2) is 10.1 Å². The molecule has 5 rings (SSSR count). The van der Waals surface area contributed by atoms with Crippen LogP contribution in [0.5, 0.6) is 0 Å². The van der Waals surface area contributed by atoms with E-state index in [1.807, 2.05) is 18.0 Å². The molecule has 186 valence electrons. The number of nitrogens with zero attached hydrogens (tertiary/aromatic N) is 6. The van der Waals surface area contributed by atoms with Gasteiger partial charge in [0.25, 0.3) is 5.56 Å². The van der Waals surface area contributed by atoms with Gasteiger partial charge in [-0.3, -0.25) is 14.3 Å². The van der Waals surface area contributed by atoms with Crippen molar-refractivity contribution in [1.29, 1.82) is 0 Å². The summed E-state index contributed by atoms with van der Waals surface area (Å²) in [5, 5.41) is 11.3. The fourth-order valence-electron chi connectivity index (χ4n) is 4.59. The molecule has 1 atom stereocenters. The van der Waals surface area contributed by atoms with E-state index in [9.17, 15) is 9.59 Å². The van der Waals surface area contributed by atoms with Crippen molar-refractivity contribution in [2.24, 2.45) is 0 Å². The molecule has 11 heteroatoms. The van der Waals surface area contributed by atoms with Crippen molar-refractivity contribution in [3.05, 3.63) is 46.1 Å². The first-order valence-electron chi connectivity index (χ1n) is 12.1. The van der Waals surface area contributed by atoms with Crippen LogP contribution >= 0.6 is 0 Å². The van der Waals surface area contributed by atoms with Crippen LogP contribution in [-0.4, -0.2) is 88.4 Å². The molecule has 2 aliphatic rings. The number of anilines is 1. The first kappa shape index (κ1) is 23.4. The SMILES string of the molecule is Cc1nn(C(C)COCCC(=O)N2CCN(c3ccc(C4COC4)cn3)CC2)c2cn[nH]c(=O)c12. The number of hydrogen-bond donors (Lipinski definition) is 1. The van der Waals surface area contributed by atoms with E-state index in [2.05, 4.69) is 37.3 Å². The van der Waals surface area contributed by atoms with Gasteiger partial charge >= 0.3 is 0 Å². The third-order valence-electron chi connectivity index (χ3n) is 6.78. The molecular weight excluding hydrogens is 450 g/mol. The maximum Gasteiger partial charge on any atom is 0.275 e. The number of aryl methyl sites for hydroxylation is 1. The van der Waals surface area contributed by atoms with Crippen molar-refractivity contribution in [3.63, 3.8) is 0 Å². The number of amides is 1. The predicted molar refractivity (Wildman–Crippen MR) is 130 cm³/mol. The Hall–Kier alpha value is -3.31. The Labute approximate surface area is 203 Å². The quantitative estimate of drug-likeness (QED) is 0.478. The third-order valence-corrected chi connectivity index (χ3v) is 6.78. The minimum absolute atomic E-state index is 0.0934. The summed E-state index contributed by atoms with van der Waals surface area (Å²) in [5.41, 5.74) is 2.31. The van der Waals surface area contributed by atoms with Gasteiger partial charge in [0, 0.05) is 38.3 Å². The van der Waals surface area contributed by atoms with E-state index < -0.39 is 0 Å². The Morgan fingerprint density at radius 2 is 2.03 bits per heavy atom. The zero-order chi connectivity index (χ0) is 24.4. The van der Waals surface area contributed by atoms with Crippen LogP contribution in [0.4, 0.5) is 5.82 Å². The van der Waals surface area contributed by atoms with E-state index in [1.54, 1.807) is 17.8 Å². The lowest BCUT2D eigenvalue weighted by Crippen LogP contribution is -2.49. The first-order chi connectivity index (χ1) is 17.0. The van der Waals surface area contributed by atoms with Crippen LogP contribution in [0.15, 0.2) is 29.3 Å². The van der Waals surface area contributed by atoms with Crippen LogP contribution in [0, 0.1) is 6.92 Å². The van der Waals surface area contributed by atoms with Gasteiger partial charge in [-0.05, 0) is 25.5 Å². The smallest absolute Gasteiger partial charge is 0.275 e. The summed E-state index contributed by atoms with van der Waals surface area (Å²) in [6.45, 7) is 8.94. The van der Waals surface area contributed by atoms with Crippen molar-refractivity contribution in [1.82, 2.24) is 29.9 Å². The highest BCUT2D eigenvalue weighted by molar-refractivity contribution is 5.79. The van der Waals surface area contributed by atoms with E-state index in [4.69, 9.17) is 9.47 Å². The van der Waals surface area contributed by atoms with Crippen LogP contribution < -0.4 is 10.5 Å². The van der Waals surface area contributed by atoms with Gasteiger partial charge in [0.2, 0.25) is 5.91 Å². The number of rotatable bonds is 8. The Kier molecular flexibility index (Phi) is 6.78. The fraction of sp³-hybridized carbons (Fsp3) is 0.542. The molecule has 0 aliphatic carbocycles. The molecule has 0 radical (unpaired) electrons. The van der Waals surface area contributed by atoms with Crippen molar-refractivity contribution >= 4 is 22.6 Å². The minimum Gasteiger partial charge on any atom is -0.380 e. The highest BCUT2D eigenvalue weighted by atomic mass is 16.5. The number of carbonyl (C=O) groups is 1. The second kappa shape index (κ2) is 10.1. The van der Waals surface area contributed by atoms with Crippen molar-refractivity contribution < 1.29 is 14.3 Å². The normalized spacial score (nSPS) is 17.5. The number of H-pyrrole nitrogens is 1. The summed E-state index contributed by atoms with van der Waals surface area (Å²) in [6, 6.07) is 4.10. The molecule has 5 heterocycles. The van der Waals surface area contributed by atoms with Crippen molar-refractivity contribution in [2.45, 2.75) is 32.2 Å². The Morgan fingerprint density at radius 1 is 1.23 bits per heavy atom. The molecule has 3 aromatic rings.